The Morgan fingerprint density at radius 3 is 2.50 bits per heavy atom. The topological polar surface area (TPSA) is 46.2 Å². The zero-order valence-electron chi connectivity index (χ0n) is 10.2. The first-order chi connectivity index (χ1) is 7.28. The first kappa shape index (κ1) is 13.7. The lowest BCUT2D eigenvalue weighted by Gasteiger charge is -2.12. The van der Waals surface area contributed by atoms with Gasteiger partial charge in [-0.1, -0.05) is 0 Å². The van der Waals surface area contributed by atoms with E-state index >= 15 is 0 Å². The summed E-state index contributed by atoms with van der Waals surface area (Å²) in [7, 11) is -2.89. The van der Waals surface area contributed by atoms with Crippen LogP contribution in [0.5, 0.6) is 0 Å². The van der Waals surface area contributed by atoms with Crippen LogP contribution in [0.15, 0.2) is 6.07 Å². The maximum Gasteiger partial charge on any atom is 0.148 e. The molecule has 1 rings (SSSR count). The van der Waals surface area contributed by atoms with Gasteiger partial charge in [-0.2, -0.15) is 0 Å². The minimum absolute atomic E-state index is 0.00499. The third-order valence-corrected chi connectivity index (χ3v) is 4.45. The van der Waals surface area contributed by atoms with Crippen molar-refractivity contribution in [3.8, 4) is 0 Å². The minimum atomic E-state index is -2.89. The van der Waals surface area contributed by atoms with Crippen LogP contribution < -0.4 is 5.32 Å². The lowest BCUT2D eigenvalue weighted by molar-refractivity contribution is 0.560. The van der Waals surface area contributed by atoms with E-state index in [0.29, 0.717) is 0 Å². The number of hydrogen-bond acceptors (Lipinski definition) is 4. The third kappa shape index (κ3) is 4.63. The molecule has 1 aromatic heterocycles. The quantitative estimate of drug-likeness (QED) is 0.880. The highest BCUT2D eigenvalue weighted by atomic mass is 32.2. The van der Waals surface area contributed by atoms with Crippen LogP contribution in [0.25, 0.3) is 0 Å². The zero-order valence-corrected chi connectivity index (χ0v) is 11.8. The van der Waals surface area contributed by atoms with E-state index in [1.54, 1.807) is 11.3 Å². The lowest BCUT2D eigenvalue weighted by atomic mass is 10.2. The van der Waals surface area contributed by atoms with Crippen LogP contribution in [0, 0.1) is 13.8 Å². The Morgan fingerprint density at radius 1 is 1.44 bits per heavy atom. The van der Waals surface area contributed by atoms with Gasteiger partial charge >= 0.3 is 0 Å². The molecule has 1 heterocycles. The van der Waals surface area contributed by atoms with Crippen molar-refractivity contribution in [2.75, 3.05) is 12.0 Å². The van der Waals surface area contributed by atoms with Crippen molar-refractivity contribution in [2.45, 2.75) is 33.4 Å². The highest BCUT2D eigenvalue weighted by Crippen LogP contribution is 2.20. The molecule has 1 aromatic rings. The average molecular weight is 261 g/mol. The van der Waals surface area contributed by atoms with E-state index in [1.807, 2.05) is 6.92 Å². The lowest BCUT2D eigenvalue weighted by Crippen LogP contribution is -2.32. The molecule has 1 atom stereocenters. The van der Waals surface area contributed by atoms with Gasteiger partial charge in [0.05, 0.1) is 5.75 Å². The zero-order chi connectivity index (χ0) is 12.3. The van der Waals surface area contributed by atoms with E-state index in [9.17, 15) is 8.42 Å². The normalized spacial score (nSPS) is 14.0. The van der Waals surface area contributed by atoms with Crippen LogP contribution in [0.1, 0.15) is 22.2 Å². The molecule has 3 nitrogen and oxygen atoms in total. The molecule has 1 unspecified atom stereocenters. The van der Waals surface area contributed by atoms with Crippen molar-refractivity contribution < 1.29 is 8.42 Å². The molecule has 0 aromatic carbocycles. The van der Waals surface area contributed by atoms with Crippen molar-refractivity contribution in [3.63, 3.8) is 0 Å². The average Bonchev–Trinajstić information content (AvgIpc) is 2.38. The fourth-order valence-corrected chi connectivity index (χ4v) is 3.63. The van der Waals surface area contributed by atoms with E-state index in [1.165, 1.54) is 21.6 Å². The molecule has 0 spiro atoms. The second-order valence-corrected chi connectivity index (χ2v) is 7.96. The Hall–Kier alpha value is -0.390. The summed E-state index contributed by atoms with van der Waals surface area (Å²) in [5.41, 5.74) is 1.27. The molecule has 0 aliphatic rings. The van der Waals surface area contributed by atoms with Crippen molar-refractivity contribution in [1.29, 1.82) is 0 Å². The van der Waals surface area contributed by atoms with Gasteiger partial charge in [0.25, 0.3) is 0 Å². The second kappa shape index (κ2) is 5.29. The van der Waals surface area contributed by atoms with E-state index < -0.39 is 9.84 Å². The Balaban J connectivity index is 2.49. The molecular formula is C11H19NO2S2. The number of aryl methyl sites for hydroxylation is 2. The van der Waals surface area contributed by atoms with E-state index in [2.05, 4.69) is 25.2 Å². The SMILES string of the molecule is Cc1cc(CNC(C)CS(C)(=O)=O)c(C)s1. The molecule has 0 radical (unpaired) electrons. The molecule has 92 valence electrons. The summed E-state index contributed by atoms with van der Waals surface area (Å²) in [4.78, 5) is 2.60. The molecule has 5 heteroatoms. The van der Waals surface area contributed by atoms with Crippen LogP contribution in [0.4, 0.5) is 0 Å². The second-order valence-electron chi connectivity index (χ2n) is 4.31. The van der Waals surface area contributed by atoms with Gasteiger partial charge in [-0.05, 0) is 32.4 Å². The highest BCUT2D eigenvalue weighted by molar-refractivity contribution is 7.90. The largest absolute Gasteiger partial charge is 0.309 e. The summed E-state index contributed by atoms with van der Waals surface area (Å²) < 4.78 is 22.2. The van der Waals surface area contributed by atoms with Gasteiger partial charge in [0.15, 0.2) is 0 Å². The van der Waals surface area contributed by atoms with Crippen molar-refractivity contribution in [3.05, 3.63) is 21.4 Å². The summed E-state index contributed by atoms with van der Waals surface area (Å²) >= 11 is 1.78. The van der Waals surface area contributed by atoms with Gasteiger partial charge in [0.1, 0.15) is 9.84 Å². The first-order valence-electron chi connectivity index (χ1n) is 5.25. The van der Waals surface area contributed by atoms with E-state index in [4.69, 9.17) is 0 Å². The van der Waals surface area contributed by atoms with Gasteiger partial charge in [-0.15, -0.1) is 11.3 Å². The van der Waals surface area contributed by atoms with E-state index in [0.717, 1.165) is 6.54 Å². The number of sulfone groups is 1. The van der Waals surface area contributed by atoms with Crippen molar-refractivity contribution in [2.24, 2.45) is 0 Å². The van der Waals surface area contributed by atoms with Gasteiger partial charge in [-0.3, -0.25) is 0 Å². The molecule has 0 fully saturated rings. The van der Waals surface area contributed by atoms with E-state index in [-0.39, 0.29) is 11.8 Å². The smallest absolute Gasteiger partial charge is 0.148 e. The molecule has 0 bridgehead atoms. The fraction of sp³-hybridized carbons (Fsp3) is 0.636. The standard InChI is InChI=1S/C11H19NO2S2/c1-8(7-16(4,13)14)12-6-11-5-9(2)15-10(11)3/h5,8,12H,6-7H2,1-4H3. The molecule has 0 aliphatic carbocycles. The summed E-state index contributed by atoms with van der Waals surface area (Å²) in [6, 6.07) is 2.15. The monoisotopic (exact) mass is 261 g/mol. The molecule has 0 saturated heterocycles. The van der Waals surface area contributed by atoms with Crippen molar-refractivity contribution in [1.82, 2.24) is 5.32 Å². The fourth-order valence-electron chi connectivity index (χ4n) is 1.66. The Kier molecular flexibility index (Phi) is 4.52. The molecule has 0 amide bonds. The molecule has 0 saturated carbocycles. The van der Waals surface area contributed by atoms with Gasteiger partial charge in [-0.25, -0.2) is 8.42 Å². The molecule has 1 N–H and O–H groups in total. The Labute approximate surface area is 102 Å². The summed E-state index contributed by atoms with van der Waals surface area (Å²) in [6.07, 6.45) is 1.27. The van der Waals surface area contributed by atoms with Gasteiger partial charge < -0.3 is 5.32 Å². The maximum absolute atomic E-state index is 11.1. The van der Waals surface area contributed by atoms with Gasteiger partial charge in [0, 0.05) is 28.6 Å². The first-order valence-corrected chi connectivity index (χ1v) is 8.12. The predicted octanol–water partition coefficient (Wildman–Crippen LogP) is 1.89. The summed E-state index contributed by atoms with van der Waals surface area (Å²) in [5, 5.41) is 3.24. The van der Waals surface area contributed by atoms with Gasteiger partial charge in [0.2, 0.25) is 0 Å². The van der Waals surface area contributed by atoms with Crippen molar-refractivity contribution >= 4 is 21.2 Å². The van der Waals surface area contributed by atoms with Crippen LogP contribution in [0.2, 0.25) is 0 Å². The molecular weight excluding hydrogens is 242 g/mol. The van der Waals surface area contributed by atoms with Crippen LogP contribution in [0.3, 0.4) is 0 Å². The van der Waals surface area contributed by atoms with Crippen LogP contribution in [-0.4, -0.2) is 26.5 Å². The minimum Gasteiger partial charge on any atom is -0.309 e. The number of hydrogen-bond donors (Lipinski definition) is 1. The Morgan fingerprint density at radius 2 is 2.06 bits per heavy atom. The third-order valence-electron chi connectivity index (χ3n) is 2.34. The van der Waals surface area contributed by atoms with Crippen LogP contribution >= 0.6 is 11.3 Å². The predicted molar refractivity (Wildman–Crippen MR) is 69.8 cm³/mol. The number of thiophene rings is 1. The maximum atomic E-state index is 11.1. The highest BCUT2D eigenvalue weighted by Gasteiger charge is 2.10. The number of rotatable bonds is 5. The molecule has 16 heavy (non-hydrogen) atoms. The summed E-state index contributed by atoms with van der Waals surface area (Å²) in [5.74, 6) is 0.190. The molecule has 0 aliphatic heterocycles. The summed E-state index contributed by atoms with van der Waals surface area (Å²) in [6.45, 7) is 6.82. The number of nitrogens with one attached hydrogen (secondary N) is 1. The van der Waals surface area contributed by atoms with Crippen LogP contribution in [-0.2, 0) is 16.4 Å². The Bertz CT molecular complexity index is 449.